The van der Waals surface area contributed by atoms with Crippen molar-refractivity contribution < 1.29 is 0 Å². The van der Waals surface area contributed by atoms with Gasteiger partial charge in [0.05, 0.1) is 0 Å². The molecule has 0 saturated carbocycles. The molecule has 1 heterocycles. The van der Waals surface area contributed by atoms with E-state index in [0.717, 1.165) is 6.54 Å². The lowest BCUT2D eigenvalue weighted by Gasteiger charge is -2.22. The van der Waals surface area contributed by atoms with Gasteiger partial charge in [-0.05, 0) is 35.6 Å². The van der Waals surface area contributed by atoms with Gasteiger partial charge in [0.2, 0.25) is 0 Å². The lowest BCUT2D eigenvalue weighted by molar-refractivity contribution is 0.743. The van der Waals surface area contributed by atoms with Crippen molar-refractivity contribution in [3.63, 3.8) is 0 Å². The van der Waals surface area contributed by atoms with Gasteiger partial charge in [-0.3, -0.25) is 0 Å². The largest absolute Gasteiger partial charge is 0.373 e. The number of aryl methyl sites for hydroxylation is 1. The zero-order valence-corrected chi connectivity index (χ0v) is 11.3. The summed E-state index contributed by atoms with van der Waals surface area (Å²) in [5, 5.41) is 0. The third-order valence-electron chi connectivity index (χ3n) is 3.97. The van der Waals surface area contributed by atoms with Crippen LogP contribution in [0.5, 0.6) is 0 Å². The second-order valence-electron chi connectivity index (χ2n) is 5.34. The van der Waals surface area contributed by atoms with Crippen LogP contribution in [0.15, 0.2) is 42.5 Å². The Morgan fingerprint density at radius 1 is 1.06 bits per heavy atom. The molecule has 0 fully saturated rings. The van der Waals surface area contributed by atoms with Crippen molar-refractivity contribution in [2.24, 2.45) is 0 Å². The van der Waals surface area contributed by atoms with E-state index < -0.39 is 0 Å². The van der Waals surface area contributed by atoms with Gasteiger partial charge in [-0.15, -0.1) is 0 Å². The first kappa shape index (κ1) is 11.3. The highest BCUT2D eigenvalue weighted by Crippen LogP contribution is 2.41. The molecule has 0 amide bonds. The molecule has 1 unspecified atom stereocenters. The van der Waals surface area contributed by atoms with E-state index in [0.29, 0.717) is 5.92 Å². The van der Waals surface area contributed by atoms with E-state index in [4.69, 9.17) is 0 Å². The average Bonchev–Trinajstić information content (AvgIpc) is 2.48. The van der Waals surface area contributed by atoms with Gasteiger partial charge < -0.3 is 4.90 Å². The van der Waals surface area contributed by atoms with Gasteiger partial charge in [0.25, 0.3) is 0 Å². The van der Waals surface area contributed by atoms with Gasteiger partial charge in [0.1, 0.15) is 0 Å². The molecular formula is C17H19N. The smallest absolute Gasteiger partial charge is 0.0446 e. The van der Waals surface area contributed by atoms with Crippen LogP contribution in [-0.2, 0) is 0 Å². The van der Waals surface area contributed by atoms with Crippen LogP contribution in [-0.4, -0.2) is 13.6 Å². The van der Waals surface area contributed by atoms with E-state index in [1.54, 1.807) is 0 Å². The molecule has 1 aliphatic rings. The van der Waals surface area contributed by atoms with Gasteiger partial charge in [-0.2, -0.15) is 0 Å². The van der Waals surface area contributed by atoms with Crippen LogP contribution in [0.4, 0.5) is 5.69 Å². The molecule has 0 N–H and O–H groups in total. The van der Waals surface area contributed by atoms with E-state index in [1.165, 1.54) is 27.9 Å². The lowest BCUT2D eigenvalue weighted by Crippen LogP contribution is -2.21. The fraction of sp³-hybridized carbons (Fsp3) is 0.294. The minimum atomic E-state index is 0.568. The minimum absolute atomic E-state index is 0.568. The Morgan fingerprint density at radius 3 is 2.67 bits per heavy atom. The maximum Gasteiger partial charge on any atom is 0.0446 e. The Bertz CT molecular complexity index is 586. The summed E-state index contributed by atoms with van der Waals surface area (Å²) in [5.74, 6) is 0.568. The molecule has 1 atom stereocenters. The fourth-order valence-electron chi connectivity index (χ4n) is 3.08. The lowest BCUT2D eigenvalue weighted by atomic mass is 9.91. The highest BCUT2D eigenvalue weighted by molar-refractivity contribution is 5.84. The van der Waals surface area contributed by atoms with Gasteiger partial charge >= 0.3 is 0 Å². The van der Waals surface area contributed by atoms with Gasteiger partial charge in [0.15, 0.2) is 0 Å². The maximum absolute atomic E-state index is 2.38. The van der Waals surface area contributed by atoms with Crippen LogP contribution in [0.25, 0.3) is 11.1 Å². The molecule has 92 valence electrons. The number of benzene rings is 2. The number of rotatable bonds is 0. The molecular weight excluding hydrogens is 218 g/mol. The van der Waals surface area contributed by atoms with Crippen LogP contribution < -0.4 is 4.90 Å². The predicted molar refractivity (Wildman–Crippen MR) is 78.3 cm³/mol. The summed E-state index contributed by atoms with van der Waals surface area (Å²) in [4.78, 5) is 2.38. The number of hydrogen-bond acceptors (Lipinski definition) is 1. The molecule has 0 radical (unpaired) electrons. The number of fused-ring (bicyclic) bond motifs is 3. The molecule has 1 nitrogen and oxygen atoms in total. The third-order valence-corrected chi connectivity index (χ3v) is 3.97. The number of likely N-dealkylation sites (N-methyl/N-ethyl adjacent to an activating group) is 1. The van der Waals surface area contributed by atoms with Crippen LogP contribution in [0.3, 0.4) is 0 Å². The second-order valence-corrected chi connectivity index (χ2v) is 5.34. The van der Waals surface area contributed by atoms with E-state index in [9.17, 15) is 0 Å². The molecule has 1 aliphatic heterocycles. The van der Waals surface area contributed by atoms with E-state index in [2.05, 4.69) is 68.3 Å². The second kappa shape index (κ2) is 4.16. The molecule has 0 aromatic heterocycles. The maximum atomic E-state index is 2.38. The first-order chi connectivity index (χ1) is 8.68. The molecule has 18 heavy (non-hydrogen) atoms. The summed E-state index contributed by atoms with van der Waals surface area (Å²) in [6.45, 7) is 5.60. The third kappa shape index (κ3) is 1.62. The summed E-state index contributed by atoms with van der Waals surface area (Å²) in [7, 11) is 2.20. The van der Waals surface area contributed by atoms with Crippen molar-refractivity contribution in [2.45, 2.75) is 19.8 Å². The highest BCUT2D eigenvalue weighted by atomic mass is 15.1. The van der Waals surface area contributed by atoms with Crippen molar-refractivity contribution in [1.82, 2.24) is 0 Å². The first-order valence-corrected chi connectivity index (χ1v) is 6.58. The number of nitrogens with zero attached hydrogens (tertiary/aromatic N) is 1. The fourth-order valence-corrected chi connectivity index (χ4v) is 3.08. The standard InChI is InChI=1S/C17H19N/c1-12-7-6-10-16-17(12)15-9-5-4-8-14(15)13(2)11-18(16)3/h4-10,13H,11H2,1-3H3. The monoisotopic (exact) mass is 237 g/mol. The molecule has 0 bridgehead atoms. The molecule has 1 heteroatoms. The van der Waals surface area contributed by atoms with E-state index in [-0.39, 0.29) is 0 Å². The summed E-state index contributed by atoms with van der Waals surface area (Å²) in [6.07, 6.45) is 0. The van der Waals surface area contributed by atoms with Crippen molar-refractivity contribution in [2.75, 3.05) is 18.5 Å². The zero-order chi connectivity index (χ0) is 12.7. The highest BCUT2D eigenvalue weighted by Gasteiger charge is 2.22. The van der Waals surface area contributed by atoms with E-state index >= 15 is 0 Å². The van der Waals surface area contributed by atoms with Crippen LogP contribution in [0, 0.1) is 6.92 Å². The molecule has 2 aromatic rings. The SMILES string of the molecule is Cc1cccc2c1-c1ccccc1C(C)CN2C. The summed E-state index contributed by atoms with van der Waals surface area (Å²) in [5.41, 5.74) is 6.99. The predicted octanol–water partition coefficient (Wildman–Crippen LogP) is 4.22. The molecule has 0 saturated heterocycles. The Balaban J connectivity index is 2.35. The summed E-state index contributed by atoms with van der Waals surface area (Å²) in [6, 6.07) is 15.4. The summed E-state index contributed by atoms with van der Waals surface area (Å²) >= 11 is 0. The minimum Gasteiger partial charge on any atom is -0.373 e. The molecule has 0 aliphatic carbocycles. The van der Waals surface area contributed by atoms with Crippen LogP contribution in [0.2, 0.25) is 0 Å². The summed E-state index contributed by atoms with van der Waals surface area (Å²) < 4.78 is 0. The van der Waals surface area contributed by atoms with Gasteiger partial charge in [0, 0.05) is 24.8 Å². The van der Waals surface area contributed by atoms with Crippen molar-refractivity contribution in [3.05, 3.63) is 53.6 Å². The number of hydrogen-bond donors (Lipinski definition) is 0. The Labute approximate surface area is 109 Å². The van der Waals surface area contributed by atoms with Crippen LogP contribution in [0.1, 0.15) is 24.0 Å². The van der Waals surface area contributed by atoms with Crippen molar-refractivity contribution in [3.8, 4) is 11.1 Å². The Kier molecular flexibility index (Phi) is 2.62. The van der Waals surface area contributed by atoms with Gasteiger partial charge in [-0.1, -0.05) is 43.3 Å². The average molecular weight is 237 g/mol. The van der Waals surface area contributed by atoms with E-state index in [1.807, 2.05) is 0 Å². The molecule has 3 rings (SSSR count). The molecule has 2 aromatic carbocycles. The Morgan fingerprint density at radius 2 is 1.83 bits per heavy atom. The van der Waals surface area contributed by atoms with Crippen molar-refractivity contribution >= 4 is 5.69 Å². The topological polar surface area (TPSA) is 3.24 Å². The Hall–Kier alpha value is -1.76. The number of anilines is 1. The molecule has 0 spiro atoms. The zero-order valence-electron chi connectivity index (χ0n) is 11.3. The first-order valence-electron chi connectivity index (χ1n) is 6.58. The quantitative estimate of drug-likeness (QED) is 0.663. The van der Waals surface area contributed by atoms with Crippen LogP contribution >= 0.6 is 0 Å². The normalized spacial score (nSPS) is 17.9. The van der Waals surface area contributed by atoms with Gasteiger partial charge in [-0.25, -0.2) is 0 Å². The van der Waals surface area contributed by atoms with Crippen molar-refractivity contribution in [1.29, 1.82) is 0 Å².